The van der Waals surface area contributed by atoms with Gasteiger partial charge in [0.15, 0.2) is 9.84 Å². The van der Waals surface area contributed by atoms with Crippen molar-refractivity contribution in [3.05, 3.63) is 95.1 Å². The zero-order valence-corrected chi connectivity index (χ0v) is 15.8. The van der Waals surface area contributed by atoms with Gasteiger partial charge < -0.3 is 4.74 Å². The molecule has 3 aromatic rings. The number of benzene rings is 3. The Bertz CT molecular complexity index is 993. The van der Waals surface area contributed by atoms with Gasteiger partial charge in [-0.15, -0.1) is 0 Å². The van der Waals surface area contributed by atoms with Crippen LogP contribution in [0.4, 0.5) is 0 Å². The molecular weight excluding hydrogens is 344 g/mol. The second-order valence-electron chi connectivity index (χ2n) is 6.49. The van der Waals surface area contributed by atoms with E-state index >= 15 is 0 Å². The number of hydrogen-bond acceptors (Lipinski definition) is 3. The third-order valence-corrected chi connectivity index (χ3v) is 5.70. The number of aryl methyl sites for hydroxylation is 2. The monoisotopic (exact) mass is 366 g/mol. The van der Waals surface area contributed by atoms with Crippen LogP contribution in [0.5, 0.6) is 11.5 Å². The van der Waals surface area contributed by atoms with E-state index in [1.54, 1.807) is 12.1 Å². The van der Waals surface area contributed by atoms with Crippen LogP contribution in [0.3, 0.4) is 0 Å². The first-order chi connectivity index (χ1) is 12.4. The zero-order chi connectivity index (χ0) is 18.6. The van der Waals surface area contributed by atoms with E-state index in [9.17, 15) is 8.42 Å². The van der Waals surface area contributed by atoms with Crippen molar-refractivity contribution in [2.75, 3.05) is 0 Å². The maximum atomic E-state index is 12.8. The molecule has 0 atom stereocenters. The number of hydrogen-bond donors (Lipinski definition) is 0. The molecule has 0 N–H and O–H groups in total. The summed E-state index contributed by atoms with van der Waals surface area (Å²) < 4.78 is 31.4. The quantitative estimate of drug-likeness (QED) is 0.601. The van der Waals surface area contributed by atoms with Crippen molar-refractivity contribution in [2.24, 2.45) is 0 Å². The largest absolute Gasteiger partial charge is 0.457 e. The van der Waals surface area contributed by atoms with Gasteiger partial charge in [-0.3, -0.25) is 0 Å². The van der Waals surface area contributed by atoms with E-state index in [0.29, 0.717) is 17.1 Å². The molecule has 0 aromatic heterocycles. The van der Waals surface area contributed by atoms with Gasteiger partial charge in [-0.1, -0.05) is 60.2 Å². The van der Waals surface area contributed by atoms with Crippen LogP contribution in [-0.2, 0) is 21.3 Å². The Hall–Kier alpha value is -2.59. The van der Waals surface area contributed by atoms with Crippen LogP contribution in [0.1, 0.15) is 22.3 Å². The lowest BCUT2D eigenvalue weighted by Crippen LogP contribution is -2.09. The Kier molecular flexibility index (Phi) is 5.43. The molecule has 3 rings (SSSR count). The number of rotatable bonds is 6. The molecule has 0 fully saturated rings. The lowest BCUT2D eigenvalue weighted by atomic mass is 10.1. The fraction of sp³-hybridized carbons (Fsp3) is 0.182. The average molecular weight is 366 g/mol. The third-order valence-electron chi connectivity index (χ3n) is 4.20. The van der Waals surface area contributed by atoms with Crippen LogP contribution in [0.15, 0.2) is 72.8 Å². The molecule has 0 heterocycles. The molecule has 0 saturated heterocycles. The summed E-state index contributed by atoms with van der Waals surface area (Å²) in [6.45, 7) is 3.91. The topological polar surface area (TPSA) is 43.4 Å². The lowest BCUT2D eigenvalue weighted by Gasteiger charge is -2.12. The highest BCUT2D eigenvalue weighted by molar-refractivity contribution is 7.89. The molecular formula is C22H22O3S. The van der Waals surface area contributed by atoms with Crippen molar-refractivity contribution in [2.45, 2.75) is 25.4 Å². The second-order valence-corrected chi connectivity index (χ2v) is 8.55. The maximum absolute atomic E-state index is 12.8. The van der Waals surface area contributed by atoms with Gasteiger partial charge in [0, 0.05) is 5.56 Å². The molecule has 4 heteroatoms. The molecule has 3 aromatic carbocycles. The summed E-state index contributed by atoms with van der Waals surface area (Å²) in [4.78, 5) is 0. The SMILES string of the molecule is Cc1ccc(C)c(CS(=O)(=O)Cc2ccccc2Oc2ccccc2)c1. The predicted octanol–water partition coefficient (Wildman–Crippen LogP) is 5.21. The Morgan fingerprint density at radius 2 is 1.42 bits per heavy atom. The first kappa shape index (κ1) is 18.2. The summed E-state index contributed by atoms with van der Waals surface area (Å²) in [5.74, 6) is 1.24. The van der Waals surface area contributed by atoms with Crippen LogP contribution in [0, 0.1) is 13.8 Å². The van der Waals surface area contributed by atoms with Crippen LogP contribution < -0.4 is 4.74 Å². The first-order valence-electron chi connectivity index (χ1n) is 8.50. The molecule has 26 heavy (non-hydrogen) atoms. The standard InChI is InChI=1S/C22H22O3S/c1-17-12-13-18(2)20(14-17)16-26(23,24)15-19-8-6-7-11-22(19)25-21-9-4-3-5-10-21/h3-14H,15-16H2,1-2H3. The highest BCUT2D eigenvalue weighted by Crippen LogP contribution is 2.27. The Balaban J connectivity index is 1.83. The molecule has 3 nitrogen and oxygen atoms in total. The van der Waals surface area contributed by atoms with Crippen molar-refractivity contribution in [1.29, 1.82) is 0 Å². The van der Waals surface area contributed by atoms with E-state index in [-0.39, 0.29) is 11.5 Å². The van der Waals surface area contributed by atoms with Gasteiger partial charge in [-0.2, -0.15) is 0 Å². The Labute approximate surface area is 155 Å². The van der Waals surface area contributed by atoms with Crippen molar-refractivity contribution in [1.82, 2.24) is 0 Å². The van der Waals surface area contributed by atoms with E-state index in [0.717, 1.165) is 16.7 Å². The van der Waals surface area contributed by atoms with E-state index in [1.807, 2.05) is 74.5 Å². The highest BCUT2D eigenvalue weighted by atomic mass is 32.2. The molecule has 0 unspecified atom stereocenters. The van der Waals surface area contributed by atoms with Crippen LogP contribution in [0.25, 0.3) is 0 Å². The summed E-state index contributed by atoms with van der Waals surface area (Å²) in [7, 11) is -3.32. The smallest absolute Gasteiger partial charge is 0.158 e. The van der Waals surface area contributed by atoms with Crippen LogP contribution in [0.2, 0.25) is 0 Å². The van der Waals surface area contributed by atoms with Crippen molar-refractivity contribution in [3.63, 3.8) is 0 Å². The van der Waals surface area contributed by atoms with Crippen molar-refractivity contribution >= 4 is 9.84 Å². The fourth-order valence-electron chi connectivity index (χ4n) is 2.82. The summed E-state index contributed by atoms with van der Waals surface area (Å²) in [6, 6.07) is 22.6. The van der Waals surface area contributed by atoms with Gasteiger partial charge in [0.05, 0.1) is 11.5 Å². The maximum Gasteiger partial charge on any atom is 0.158 e. The minimum atomic E-state index is -3.32. The second kappa shape index (κ2) is 7.75. The molecule has 0 spiro atoms. The summed E-state index contributed by atoms with van der Waals surface area (Å²) in [6.07, 6.45) is 0. The average Bonchev–Trinajstić information content (AvgIpc) is 2.60. The van der Waals surface area contributed by atoms with Crippen molar-refractivity contribution < 1.29 is 13.2 Å². The molecule has 0 aliphatic carbocycles. The number of sulfone groups is 1. The van der Waals surface area contributed by atoms with Crippen LogP contribution >= 0.6 is 0 Å². The molecule has 0 amide bonds. The fourth-order valence-corrected chi connectivity index (χ4v) is 4.42. The molecule has 134 valence electrons. The first-order valence-corrected chi connectivity index (χ1v) is 10.3. The lowest BCUT2D eigenvalue weighted by molar-refractivity contribution is 0.477. The van der Waals surface area contributed by atoms with Gasteiger partial charge in [-0.25, -0.2) is 8.42 Å². The Morgan fingerprint density at radius 1 is 0.769 bits per heavy atom. The third kappa shape index (κ3) is 4.73. The van der Waals surface area contributed by atoms with Gasteiger partial charge in [0.2, 0.25) is 0 Å². The van der Waals surface area contributed by atoms with E-state index in [4.69, 9.17) is 4.74 Å². The van der Waals surface area contributed by atoms with E-state index in [1.165, 1.54) is 0 Å². The predicted molar refractivity (Wildman–Crippen MR) is 105 cm³/mol. The molecule has 0 aliphatic rings. The van der Waals surface area contributed by atoms with Gasteiger partial charge in [0.1, 0.15) is 11.5 Å². The molecule has 0 bridgehead atoms. The van der Waals surface area contributed by atoms with Gasteiger partial charge in [-0.05, 0) is 43.2 Å². The number of para-hydroxylation sites is 2. The van der Waals surface area contributed by atoms with E-state index in [2.05, 4.69) is 0 Å². The molecule has 0 saturated carbocycles. The Morgan fingerprint density at radius 3 is 2.19 bits per heavy atom. The van der Waals surface area contributed by atoms with Crippen LogP contribution in [-0.4, -0.2) is 8.42 Å². The summed E-state index contributed by atoms with van der Waals surface area (Å²) in [5, 5.41) is 0. The minimum Gasteiger partial charge on any atom is -0.457 e. The summed E-state index contributed by atoms with van der Waals surface area (Å²) in [5.41, 5.74) is 3.58. The van der Waals surface area contributed by atoms with Crippen molar-refractivity contribution in [3.8, 4) is 11.5 Å². The summed E-state index contributed by atoms with van der Waals surface area (Å²) >= 11 is 0. The van der Waals surface area contributed by atoms with Gasteiger partial charge in [0.25, 0.3) is 0 Å². The normalized spacial score (nSPS) is 11.3. The molecule has 0 aliphatic heterocycles. The van der Waals surface area contributed by atoms with E-state index < -0.39 is 9.84 Å². The molecule has 0 radical (unpaired) electrons. The van der Waals surface area contributed by atoms with Gasteiger partial charge >= 0.3 is 0 Å². The minimum absolute atomic E-state index is 0.0280. The number of ether oxygens (including phenoxy) is 1. The zero-order valence-electron chi connectivity index (χ0n) is 15.0. The highest BCUT2D eigenvalue weighted by Gasteiger charge is 2.17.